The van der Waals surface area contributed by atoms with E-state index in [2.05, 4.69) is 14.8 Å². The van der Waals surface area contributed by atoms with Crippen molar-refractivity contribution in [3.63, 3.8) is 0 Å². The number of hydrogen-bond acceptors (Lipinski definition) is 4. The van der Waals surface area contributed by atoms with E-state index in [0.717, 1.165) is 42.3 Å². The van der Waals surface area contributed by atoms with Crippen LogP contribution in [0, 0.1) is 0 Å². The Labute approximate surface area is 99.4 Å². The Morgan fingerprint density at radius 2 is 2.18 bits per heavy atom. The standard InChI is InChI=1S/C12H15N5/c13-9-3-1-2-8(6-9)12-16-15-11-5-4-10(14)7-17(11)12/h1-3,6,10H,4-5,7,13-14H2. The van der Waals surface area contributed by atoms with Gasteiger partial charge in [0.2, 0.25) is 0 Å². The van der Waals surface area contributed by atoms with Crippen molar-refractivity contribution in [2.75, 3.05) is 5.73 Å². The average Bonchev–Trinajstić information content (AvgIpc) is 2.71. The lowest BCUT2D eigenvalue weighted by molar-refractivity contribution is 0.456. The summed E-state index contributed by atoms with van der Waals surface area (Å²) in [5.74, 6) is 1.88. The molecule has 17 heavy (non-hydrogen) atoms. The zero-order chi connectivity index (χ0) is 11.8. The highest BCUT2D eigenvalue weighted by Gasteiger charge is 2.21. The van der Waals surface area contributed by atoms with Crippen molar-refractivity contribution < 1.29 is 0 Å². The van der Waals surface area contributed by atoms with Crippen LogP contribution in [0.3, 0.4) is 0 Å². The Bertz CT molecular complexity index is 546. The SMILES string of the molecule is Nc1cccc(-c2nnc3n2CC(N)CC3)c1. The monoisotopic (exact) mass is 229 g/mol. The molecular weight excluding hydrogens is 214 g/mol. The van der Waals surface area contributed by atoms with Crippen LogP contribution in [0.5, 0.6) is 0 Å². The van der Waals surface area contributed by atoms with Crippen LogP contribution in [0.15, 0.2) is 24.3 Å². The highest BCUT2D eigenvalue weighted by atomic mass is 15.3. The number of anilines is 1. The van der Waals surface area contributed by atoms with Gasteiger partial charge in [-0.2, -0.15) is 0 Å². The number of aromatic nitrogens is 3. The molecule has 0 saturated carbocycles. The molecular formula is C12H15N5. The van der Waals surface area contributed by atoms with Crippen LogP contribution in [0.2, 0.25) is 0 Å². The predicted octanol–water partition coefficient (Wildman–Crippen LogP) is 0.801. The van der Waals surface area contributed by atoms with E-state index >= 15 is 0 Å². The van der Waals surface area contributed by atoms with Gasteiger partial charge in [0.05, 0.1) is 0 Å². The van der Waals surface area contributed by atoms with E-state index in [9.17, 15) is 0 Å². The maximum absolute atomic E-state index is 5.98. The number of nitrogens with two attached hydrogens (primary N) is 2. The number of aryl methyl sites for hydroxylation is 1. The average molecular weight is 229 g/mol. The van der Waals surface area contributed by atoms with Crippen molar-refractivity contribution in [2.45, 2.75) is 25.4 Å². The van der Waals surface area contributed by atoms with Gasteiger partial charge in [-0.15, -0.1) is 10.2 Å². The molecule has 0 aliphatic carbocycles. The molecule has 0 saturated heterocycles. The van der Waals surface area contributed by atoms with Crippen LogP contribution in [0.1, 0.15) is 12.2 Å². The van der Waals surface area contributed by atoms with E-state index in [1.807, 2.05) is 24.3 Å². The molecule has 0 bridgehead atoms. The third-order valence-electron chi connectivity index (χ3n) is 3.13. The third kappa shape index (κ3) is 1.78. The van der Waals surface area contributed by atoms with Crippen molar-refractivity contribution >= 4 is 5.69 Å². The van der Waals surface area contributed by atoms with Gasteiger partial charge in [0.15, 0.2) is 5.82 Å². The fourth-order valence-corrected chi connectivity index (χ4v) is 2.24. The lowest BCUT2D eigenvalue weighted by atomic mass is 10.1. The van der Waals surface area contributed by atoms with Gasteiger partial charge >= 0.3 is 0 Å². The zero-order valence-electron chi connectivity index (χ0n) is 9.50. The molecule has 1 aliphatic heterocycles. The van der Waals surface area contributed by atoms with Gasteiger partial charge in [0, 0.05) is 30.3 Å². The Morgan fingerprint density at radius 1 is 1.29 bits per heavy atom. The van der Waals surface area contributed by atoms with Crippen molar-refractivity contribution in [3.05, 3.63) is 30.1 Å². The molecule has 1 unspecified atom stereocenters. The van der Waals surface area contributed by atoms with Crippen LogP contribution < -0.4 is 11.5 Å². The van der Waals surface area contributed by atoms with E-state index in [4.69, 9.17) is 11.5 Å². The Hall–Kier alpha value is -1.88. The number of fused-ring (bicyclic) bond motifs is 1. The summed E-state index contributed by atoms with van der Waals surface area (Å²) in [6.45, 7) is 0.784. The van der Waals surface area contributed by atoms with Crippen molar-refractivity contribution in [2.24, 2.45) is 5.73 Å². The molecule has 3 rings (SSSR count). The number of rotatable bonds is 1. The van der Waals surface area contributed by atoms with E-state index in [0.29, 0.717) is 0 Å². The Kier molecular flexibility index (Phi) is 2.33. The summed E-state index contributed by atoms with van der Waals surface area (Å²) in [6.07, 6.45) is 1.88. The second-order valence-electron chi connectivity index (χ2n) is 4.47. The third-order valence-corrected chi connectivity index (χ3v) is 3.13. The van der Waals surface area contributed by atoms with Crippen LogP contribution in [0.4, 0.5) is 5.69 Å². The second-order valence-corrected chi connectivity index (χ2v) is 4.47. The van der Waals surface area contributed by atoms with Gasteiger partial charge in [-0.1, -0.05) is 12.1 Å². The van der Waals surface area contributed by atoms with Crippen molar-refractivity contribution in [1.29, 1.82) is 0 Å². The van der Waals surface area contributed by atoms with Gasteiger partial charge in [-0.05, 0) is 18.6 Å². The number of benzene rings is 1. The van der Waals surface area contributed by atoms with Crippen LogP contribution >= 0.6 is 0 Å². The molecule has 4 N–H and O–H groups in total. The lowest BCUT2D eigenvalue weighted by Gasteiger charge is -2.20. The van der Waals surface area contributed by atoms with E-state index in [1.54, 1.807) is 0 Å². The molecule has 1 aliphatic rings. The molecule has 2 heterocycles. The molecule has 0 spiro atoms. The Morgan fingerprint density at radius 3 is 3.00 bits per heavy atom. The largest absolute Gasteiger partial charge is 0.399 e. The molecule has 1 aromatic heterocycles. The van der Waals surface area contributed by atoms with Gasteiger partial charge in [-0.3, -0.25) is 0 Å². The first-order chi connectivity index (χ1) is 8.24. The topological polar surface area (TPSA) is 82.8 Å². The molecule has 0 fully saturated rings. The summed E-state index contributed by atoms with van der Waals surface area (Å²) in [6, 6.07) is 7.89. The van der Waals surface area contributed by atoms with Crippen molar-refractivity contribution in [3.8, 4) is 11.4 Å². The second kappa shape index (κ2) is 3.85. The zero-order valence-corrected chi connectivity index (χ0v) is 9.50. The first-order valence-electron chi connectivity index (χ1n) is 5.77. The smallest absolute Gasteiger partial charge is 0.164 e. The highest BCUT2D eigenvalue weighted by molar-refractivity contribution is 5.61. The quantitative estimate of drug-likeness (QED) is 0.708. The summed E-state index contributed by atoms with van der Waals surface area (Å²) in [5.41, 5.74) is 13.5. The first-order valence-corrected chi connectivity index (χ1v) is 5.77. The van der Waals surface area contributed by atoms with Crippen LogP contribution in [-0.4, -0.2) is 20.8 Å². The maximum Gasteiger partial charge on any atom is 0.164 e. The fourth-order valence-electron chi connectivity index (χ4n) is 2.24. The first kappa shape index (κ1) is 10.3. The molecule has 1 atom stereocenters. The molecule has 5 nitrogen and oxygen atoms in total. The van der Waals surface area contributed by atoms with Gasteiger partial charge in [0.25, 0.3) is 0 Å². The number of nitrogen functional groups attached to an aromatic ring is 1. The van der Waals surface area contributed by atoms with E-state index in [1.165, 1.54) is 0 Å². The highest BCUT2D eigenvalue weighted by Crippen LogP contribution is 2.23. The van der Waals surface area contributed by atoms with Gasteiger partial charge < -0.3 is 16.0 Å². The summed E-state index contributed by atoms with van der Waals surface area (Å²) < 4.78 is 2.10. The van der Waals surface area contributed by atoms with Crippen LogP contribution in [-0.2, 0) is 13.0 Å². The molecule has 0 radical (unpaired) electrons. The molecule has 88 valence electrons. The number of hydrogen-bond donors (Lipinski definition) is 2. The summed E-state index contributed by atoms with van der Waals surface area (Å²) in [4.78, 5) is 0. The maximum atomic E-state index is 5.98. The van der Waals surface area contributed by atoms with Crippen molar-refractivity contribution in [1.82, 2.24) is 14.8 Å². The minimum Gasteiger partial charge on any atom is -0.399 e. The fraction of sp³-hybridized carbons (Fsp3) is 0.333. The summed E-state index contributed by atoms with van der Waals surface area (Å²) in [7, 11) is 0. The normalized spacial score (nSPS) is 19.0. The number of nitrogens with zero attached hydrogens (tertiary/aromatic N) is 3. The lowest BCUT2D eigenvalue weighted by Crippen LogP contribution is -2.32. The molecule has 1 aromatic carbocycles. The minimum absolute atomic E-state index is 0.193. The van der Waals surface area contributed by atoms with E-state index < -0.39 is 0 Å². The molecule has 0 amide bonds. The van der Waals surface area contributed by atoms with E-state index in [-0.39, 0.29) is 6.04 Å². The summed E-state index contributed by atoms with van der Waals surface area (Å²) >= 11 is 0. The van der Waals surface area contributed by atoms with Gasteiger partial charge in [0.1, 0.15) is 5.82 Å². The van der Waals surface area contributed by atoms with Gasteiger partial charge in [-0.25, -0.2) is 0 Å². The molecule has 2 aromatic rings. The predicted molar refractivity (Wildman–Crippen MR) is 66.2 cm³/mol. The Balaban J connectivity index is 2.07. The minimum atomic E-state index is 0.193. The van der Waals surface area contributed by atoms with Crippen LogP contribution in [0.25, 0.3) is 11.4 Å². The molecule has 5 heteroatoms. The summed E-state index contributed by atoms with van der Waals surface area (Å²) in [5, 5.41) is 8.46.